The molecule has 3 aromatic rings. The Hall–Kier alpha value is -2.94. The molecule has 0 unspecified atom stereocenters. The smallest absolute Gasteiger partial charge is 0.271 e. The number of aryl methyl sites for hydroxylation is 3. The van der Waals surface area contributed by atoms with E-state index in [9.17, 15) is 17.6 Å². The molecule has 148 valence electrons. The summed E-state index contributed by atoms with van der Waals surface area (Å²) < 4.78 is 50.3. The topological polar surface area (TPSA) is 93.6 Å². The Balaban J connectivity index is 1.70. The van der Waals surface area contributed by atoms with E-state index in [-0.39, 0.29) is 29.2 Å². The molecule has 0 fully saturated rings. The first kappa shape index (κ1) is 19.8. The van der Waals surface area contributed by atoms with Crippen molar-refractivity contribution in [1.82, 2.24) is 9.46 Å². The van der Waals surface area contributed by atoms with E-state index in [1.54, 1.807) is 30.3 Å². The van der Waals surface area contributed by atoms with E-state index in [0.29, 0.717) is 21.4 Å². The Kier molecular flexibility index (Phi) is 5.37. The van der Waals surface area contributed by atoms with Crippen molar-refractivity contribution in [3.05, 3.63) is 59.4 Å². The highest BCUT2D eigenvalue weighted by molar-refractivity contribution is 7.89. The summed E-state index contributed by atoms with van der Waals surface area (Å²) in [5.41, 5.74) is 0.510. The summed E-state index contributed by atoms with van der Waals surface area (Å²) in [7, 11) is -2.87. The normalized spacial score (nSPS) is 11.6. The van der Waals surface area contributed by atoms with Gasteiger partial charge in [0.05, 0.1) is 5.56 Å². The molecule has 2 aromatic heterocycles. The van der Waals surface area contributed by atoms with Gasteiger partial charge in [-0.25, -0.2) is 17.1 Å². The number of hydrogen-bond acceptors (Lipinski definition) is 6. The predicted octanol–water partition coefficient (Wildman–Crippen LogP) is 3.47. The lowest BCUT2D eigenvalue weighted by Crippen LogP contribution is -2.33. The van der Waals surface area contributed by atoms with E-state index in [1.807, 2.05) is 0 Å². The molecule has 0 aliphatic heterocycles. The molecule has 0 saturated heterocycles. The van der Waals surface area contributed by atoms with Crippen LogP contribution in [-0.2, 0) is 21.2 Å². The Morgan fingerprint density at radius 1 is 1.18 bits per heavy atom. The minimum absolute atomic E-state index is 0.0939. The number of furan rings is 1. The Labute approximate surface area is 161 Å². The number of benzene rings is 1. The van der Waals surface area contributed by atoms with Gasteiger partial charge in [-0.2, -0.15) is 0 Å². The van der Waals surface area contributed by atoms with Gasteiger partial charge in [-0.1, -0.05) is 17.3 Å². The van der Waals surface area contributed by atoms with Gasteiger partial charge in [0.1, 0.15) is 23.0 Å². The van der Waals surface area contributed by atoms with Crippen molar-refractivity contribution in [2.75, 3.05) is 7.05 Å². The minimum atomic E-state index is -4.06. The molecule has 0 aliphatic rings. The third-order valence-corrected chi connectivity index (χ3v) is 6.35. The highest BCUT2D eigenvalue weighted by Crippen LogP contribution is 2.26. The highest BCUT2D eigenvalue weighted by Gasteiger charge is 2.31. The van der Waals surface area contributed by atoms with Crippen LogP contribution in [0.3, 0.4) is 0 Å². The summed E-state index contributed by atoms with van der Waals surface area (Å²) >= 11 is 0. The first-order chi connectivity index (χ1) is 13.2. The first-order valence-corrected chi connectivity index (χ1v) is 9.94. The van der Waals surface area contributed by atoms with E-state index in [2.05, 4.69) is 5.16 Å². The van der Waals surface area contributed by atoms with E-state index >= 15 is 0 Å². The van der Waals surface area contributed by atoms with Crippen molar-refractivity contribution < 1.29 is 26.5 Å². The van der Waals surface area contributed by atoms with Crippen LogP contribution in [-0.4, -0.2) is 30.8 Å². The molecule has 3 rings (SSSR count). The van der Waals surface area contributed by atoms with E-state index in [4.69, 9.17) is 8.94 Å². The van der Waals surface area contributed by atoms with Gasteiger partial charge >= 0.3 is 0 Å². The molecule has 0 aliphatic carbocycles. The zero-order valence-electron chi connectivity index (χ0n) is 15.6. The first-order valence-electron chi connectivity index (χ1n) is 8.50. The number of rotatable bonds is 6. The lowest BCUT2D eigenvalue weighted by atomic mass is 10.1. The van der Waals surface area contributed by atoms with Crippen LogP contribution < -0.4 is 0 Å². The maximum absolute atomic E-state index is 13.8. The molecule has 1 aromatic carbocycles. The average Bonchev–Trinajstić information content (AvgIpc) is 3.26. The van der Waals surface area contributed by atoms with Crippen molar-refractivity contribution >= 4 is 15.9 Å². The summed E-state index contributed by atoms with van der Waals surface area (Å²) in [6.45, 7) is 2.97. The number of halogens is 1. The second-order valence-corrected chi connectivity index (χ2v) is 8.17. The van der Waals surface area contributed by atoms with Crippen molar-refractivity contribution in [1.29, 1.82) is 0 Å². The average molecular weight is 406 g/mol. The highest BCUT2D eigenvalue weighted by atomic mass is 32.2. The maximum atomic E-state index is 13.8. The van der Waals surface area contributed by atoms with Crippen molar-refractivity contribution in [3.8, 4) is 11.3 Å². The van der Waals surface area contributed by atoms with Crippen LogP contribution in [0.1, 0.15) is 23.6 Å². The standard InChI is InChI=1S/C19H19FN2O5S/c1-12-19(13(2)27-21-12)28(24,25)22(3)18(23)11-9-14-8-10-17(26-14)15-6-4-5-7-16(15)20/h4-8,10H,9,11H2,1-3H3. The Morgan fingerprint density at radius 3 is 2.54 bits per heavy atom. The van der Waals surface area contributed by atoms with Gasteiger partial charge in [0.25, 0.3) is 10.0 Å². The van der Waals surface area contributed by atoms with Gasteiger partial charge in [0, 0.05) is 19.9 Å². The van der Waals surface area contributed by atoms with Gasteiger partial charge in [-0.3, -0.25) is 4.79 Å². The van der Waals surface area contributed by atoms with Gasteiger partial charge < -0.3 is 8.94 Å². The second kappa shape index (κ2) is 7.59. The van der Waals surface area contributed by atoms with Crippen LogP contribution >= 0.6 is 0 Å². The maximum Gasteiger partial charge on any atom is 0.271 e. The van der Waals surface area contributed by atoms with Gasteiger partial charge in [-0.05, 0) is 38.1 Å². The summed E-state index contributed by atoms with van der Waals surface area (Å²) in [5.74, 6) is -0.0988. The molecular formula is C19H19FN2O5S. The third-order valence-electron chi connectivity index (χ3n) is 4.32. The van der Waals surface area contributed by atoms with Gasteiger partial charge in [0.15, 0.2) is 10.7 Å². The van der Waals surface area contributed by atoms with Crippen LogP contribution in [0.5, 0.6) is 0 Å². The summed E-state index contributed by atoms with van der Waals surface area (Å²) in [5, 5.41) is 3.62. The zero-order chi connectivity index (χ0) is 20.5. The van der Waals surface area contributed by atoms with Crippen LogP contribution in [0, 0.1) is 19.7 Å². The molecule has 28 heavy (non-hydrogen) atoms. The lowest BCUT2D eigenvalue weighted by Gasteiger charge is -2.17. The Bertz CT molecular complexity index is 1100. The molecule has 7 nitrogen and oxygen atoms in total. The predicted molar refractivity (Wildman–Crippen MR) is 98.4 cm³/mol. The fourth-order valence-electron chi connectivity index (χ4n) is 2.82. The molecule has 0 bridgehead atoms. The molecule has 0 atom stereocenters. The number of hydrogen-bond donors (Lipinski definition) is 0. The van der Waals surface area contributed by atoms with Crippen LogP contribution in [0.25, 0.3) is 11.3 Å². The molecule has 0 radical (unpaired) electrons. The number of carbonyl (C=O) groups excluding carboxylic acids is 1. The monoisotopic (exact) mass is 406 g/mol. The fraction of sp³-hybridized carbons (Fsp3) is 0.263. The van der Waals surface area contributed by atoms with Gasteiger partial charge in [0.2, 0.25) is 5.91 Å². The number of carbonyl (C=O) groups is 1. The van der Waals surface area contributed by atoms with E-state index in [0.717, 1.165) is 0 Å². The third kappa shape index (κ3) is 3.70. The second-order valence-electron chi connectivity index (χ2n) is 6.27. The fourth-order valence-corrected chi connectivity index (χ4v) is 4.26. The molecule has 1 amide bonds. The Morgan fingerprint density at radius 2 is 1.89 bits per heavy atom. The van der Waals surface area contributed by atoms with E-state index < -0.39 is 21.7 Å². The molecule has 0 spiro atoms. The van der Waals surface area contributed by atoms with Crippen molar-refractivity contribution in [3.63, 3.8) is 0 Å². The lowest BCUT2D eigenvalue weighted by molar-refractivity contribution is -0.125. The van der Waals surface area contributed by atoms with Crippen LogP contribution in [0.2, 0.25) is 0 Å². The van der Waals surface area contributed by atoms with Crippen molar-refractivity contribution in [2.24, 2.45) is 0 Å². The molecule has 0 saturated carbocycles. The number of aromatic nitrogens is 1. The summed E-state index contributed by atoms with van der Waals surface area (Å²) in [4.78, 5) is 12.3. The number of nitrogens with zero attached hydrogens (tertiary/aromatic N) is 2. The molecule has 2 heterocycles. The minimum Gasteiger partial charge on any atom is -0.461 e. The van der Waals surface area contributed by atoms with E-state index in [1.165, 1.54) is 27.0 Å². The molecule has 9 heteroatoms. The number of sulfonamides is 1. The molecular weight excluding hydrogens is 387 g/mol. The largest absolute Gasteiger partial charge is 0.461 e. The molecule has 0 N–H and O–H groups in total. The number of amides is 1. The van der Waals surface area contributed by atoms with Crippen molar-refractivity contribution in [2.45, 2.75) is 31.6 Å². The summed E-state index contributed by atoms with van der Waals surface area (Å²) in [6, 6.07) is 9.44. The van der Waals surface area contributed by atoms with Crippen LogP contribution in [0.15, 0.2) is 50.2 Å². The van der Waals surface area contributed by atoms with Gasteiger partial charge in [-0.15, -0.1) is 0 Å². The quantitative estimate of drug-likeness (QED) is 0.622. The summed E-state index contributed by atoms with van der Waals surface area (Å²) in [6.07, 6.45) is 0.0814. The van der Waals surface area contributed by atoms with Crippen LogP contribution in [0.4, 0.5) is 4.39 Å². The SMILES string of the molecule is Cc1noc(C)c1S(=O)(=O)N(C)C(=O)CCc1ccc(-c2ccccc2F)o1. The zero-order valence-corrected chi connectivity index (χ0v) is 16.4.